The van der Waals surface area contributed by atoms with Gasteiger partial charge in [-0.05, 0) is 49.4 Å². The quantitative estimate of drug-likeness (QED) is 0.812. The number of anilines is 1. The molecule has 7 heteroatoms. The zero-order valence-electron chi connectivity index (χ0n) is 14.7. The normalized spacial score (nSPS) is 16.0. The summed E-state index contributed by atoms with van der Waals surface area (Å²) in [6.45, 7) is 3.85. The molecule has 0 radical (unpaired) electrons. The van der Waals surface area contributed by atoms with Gasteiger partial charge < -0.3 is 4.90 Å². The molecule has 1 fully saturated rings. The van der Waals surface area contributed by atoms with Crippen LogP contribution in [0.1, 0.15) is 42.3 Å². The Morgan fingerprint density at radius 3 is 2.44 bits per heavy atom. The Hall–Kier alpha value is -1.60. The third-order valence-corrected chi connectivity index (χ3v) is 6.95. The van der Waals surface area contributed by atoms with Crippen molar-refractivity contribution in [2.45, 2.75) is 32.6 Å². The van der Waals surface area contributed by atoms with Gasteiger partial charge in [0.05, 0.1) is 16.8 Å². The molecule has 1 aromatic carbocycles. The Kier molecular flexibility index (Phi) is 5.34. The molecule has 1 amide bonds. The third kappa shape index (κ3) is 3.98. The number of hydrogen-bond acceptors (Lipinski definition) is 4. The summed E-state index contributed by atoms with van der Waals surface area (Å²) >= 11 is 1.48. The Labute approximate surface area is 153 Å². The smallest absolute Gasteiger partial charge is 0.263 e. The molecule has 0 bridgehead atoms. The number of thiophene rings is 1. The second-order valence-corrected chi connectivity index (χ2v) is 9.46. The molecule has 1 saturated heterocycles. The topological polar surface area (TPSA) is 57.7 Å². The molecule has 2 aromatic rings. The first kappa shape index (κ1) is 18.2. The lowest BCUT2D eigenvalue weighted by Gasteiger charge is -2.20. The first-order valence-electron chi connectivity index (χ1n) is 8.70. The average Bonchev–Trinajstić information content (AvgIpc) is 2.79. The number of likely N-dealkylation sites (tertiary alicyclic amines) is 1. The van der Waals surface area contributed by atoms with E-state index < -0.39 is 10.0 Å². The van der Waals surface area contributed by atoms with Crippen LogP contribution in [0.4, 0.5) is 5.69 Å². The van der Waals surface area contributed by atoms with Crippen molar-refractivity contribution < 1.29 is 13.2 Å². The molecule has 2 heterocycles. The lowest BCUT2D eigenvalue weighted by Crippen LogP contribution is -2.31. The fourth-order valence-electron chi connectivity index (χ4n) is 3.33. The Bertz CT molecular complexity index is 866. The van der Waals surface area contributed by atoms with Gasteiger partial charge in [-0.2, -0.15) is 0 Å². The second kappa shape index (κ2) is 7.33. The van der Waals surface area contributed by atoms with Gasteiger partial charge in [0.2, 0.25) is 10.0 Å². The fourth-order valence-corrected chi connectivity index (χ4v) is 5.31. The van der Waals surface area contributed by atoms with Crippen LogP contribution >= 0.6 is 11.3 Å². The molecule has 1 aromatic heterocycles. The number of hydrogen-bond donors (Lipinski definition) is 0. The number of carbonyl (C=O) groups excluding carboxylic acids is 1. The number of rotatable bonds is 4. The molecule has 0 aliphatic carbocycles. The van der Waals surface area contributed by atoms with Gasteiger partial charge in [-0.1, -0.05) is 12.8 Å². The van der Waals surface area contributed by atoms with Crippen molar-refractivity contribution in [1.82, 2.24) is 4.90 Å². The molecule has 0 unspecified atom stereocenters. The van der Waals surface area contributed by atoms with Crippen LogP contribution in [0, 0.1) is 0 Å². The van der Waals surface area contributed by atoms with Crippen molar-refractivity contribution >= 4 is 43.0 Å². The van der Waals surface area contributed by atoms with Gasteiger partial charge in [0.1, 0.15) is 0 Å². The van der Waals surface area contributed by atoms with E-state index in [1.54, 1.807) is 0 Å². The maximum absolute atomic E-state index is 12.8. The third-order valence-electron chi connectivity index (χ3n) is 4.58. The van der Waals surface area contributed by atoms with E-state index >= 15 is 0 Å². The van der Waals surface area contributed by atoms with Gasteiger partial charge in [-0.15, -0.1) is 11.3 Å². The predicted molar refractivity (Wildman–Crippen MR) is 104 cm³/mol. The van der Waals surface area contributed by atoms with E-state index in [0.717, 1.165) is 40.9 Å². The summed E-state index contributed by atoms with van der Waals surface area (Å²) in [6, 6.07) is 7.47. The second-order valence-electron chi connectivity index (χ2n) is 6.47. The van der Waals surface area contributed by atoms with Crippen molar-refractivity contribution in [2.24, 2.45) is 0 Å². The van der Waals surface area contributed by atoms with E-state index in [4.69, 9.17) is 0 Å². The largest absolute Gasteiger partial charge is 0.338 e. The molecule has 1 aliphatic rings. The summed E-state index contributed by atoms with van der Waals surface area (Å²) in [4.78, 5) is 15.5. The van der Waals surface area contributed by atoms with Gasteiger partial charge in [-0.25, -0.2) is 8.42 Å². The first-order valence-corrected chi connectivity index (χ1v) is 11.4. The van der Waals surface area contributed by atoms with Crippen LogP contribution in [-0.2, 0) is 10.0 Å². The number of benzene rings is 1. The molecular formula is C18H24N2O3S2. The highest BCUT2D eigenvalue weighted by Gasteiger charge is 2.20. The Morgan fingerprint density at radius 2 is 1.84 bits per heavy atom. The van der Waals surface area contributed by atoms with Crippen LogP contribution in [-0.4, -0.2) is 45.1 Å². The van der Waals surface area contributed by atoms with Gasteiger partial charge >= 0.3 is 0 Å². The van der Waals surface area contributed by atoms with Crippen LogP contribution in [0.2, 0.25) is 0 Å². The zero-order chi connectivity index (χ0) is 18.0. The highest BCUT2D eigenvalue weighted by atomic mass is 32.2. The number of carbonyl (C=O) groups is 1. The standard InChI is InChI=1S/C18H24N2O3S2/c1-3-20(25(2,22)23)15-8-9-16-14(12-15)13-17(24-16)18(21)19-10-6-4-5-7-11-19/h8-9,12-13H,3-7,10-11H2,1-2H3. The maximum atomic E-state index is 12.8. The lowest BCUT2D eigenvalue weighted by molar-refractivity contribution is 0.0766. The molecule has 0 atom stereocenters. The van der Waals surface area contributed by atoms with Gasteiger partial charge in [-0.3, -0.25) is 9.10 Å². The zero-order valence-corrected chi connectivity index (χ0v) is 16.3. The minimum absolute atomic E-state index is 0.0973. The SMILES string of the molecule is CCN(c1ccc2sc(C(=O)N3CCCCCC3)cc2c1)S(C)(=O)=O. The van der Waals surface area contributed by atoms with Crippen molar-refractivity contribution in [3.63, 3.8) is 0 Å². The van der Waals surface area contributed by atoms with E-state index in [9.17, 15) is 13.2 Å². The summed E-state index contributed by atoms with van der Waals surface area (Å²) < 4.78 is 26.2. The average molecular weight is 381 g/mol. The maximum Gasteiger partial charge on any atom is 0.263 e. The highest BCUT2D eigenvalue weighted by molar-refractivity contribution is 7.92. The summed E-state index contributed by atoms with van der Waals surface area (Å²) in [6.07, 6.45) is 5.74. The van der Waals surface area contributed by atoms with Gasteiger partial charge in [0.15, 0.2) is 0 Å². The summed E-state index contributed by atoms with van der Waals surface area (Å²) in [5, 5.41) is 0.919. The highest BCUT2D eigenvalue weighted by Crippen LogP contribution is 2.31. The van der Waals surface area contributed by atoms with Crippen LogP contribution in [0.25, 0.3) is 10.1 Å². The number of nitrogens with zero attached hydrogens (tertiary/aromatic N) is 2. The van der Waals surface area contributed by atoms with Crippen LogP contribution < -0.4 is 4.31 Å². The predicted octanol–water partition coefficient (Wildman–Crippen LogP) is 3.70. The molecule has 5 nitrogen and oxygen atoms in total. The Balaban J connectivity index is 1.91. The van der Waals surface area contributed by atoms with E-state index in [1.165, 1.54) is 34.7 Å². The van der Waals surface area contributed by atoms with Crippen LogP contribution in [0.15, 0.2) is 24.3 Å². The molecule has 136 valence electrons. The van der Waals surface area contributed by atoms with E-state index in [0.29, 0.717) is 12.2 Å². The van der Waals surface area contributed by atoms with E-state index in [1.807, 2.05) is 36.1 Å². The van der Waals surface area contributed by atoms with Gasteiger partial charge in [0, 0.05) is 24.3 Å². The summed E-state index contributed by atoms with van der Waals surface area (Å²) in [7, 11) is -3.31. The number of sulfonamides is 1. The van der Waals surface area contributed by atoms with Crippen molar-refractivity contribution in [3.05, 3.63) is 29.1 Å². The minimum atomic E-state index is -3.31. The molecule has 0 N–H and O–H groups in total. The fraction of sp³-hybridized carbons (Fsp3) is 0.500. The van der Waals surface area contributed by atoms with Crippen LogP contribution in [0.5, 0.6) is 0 Å². The molecule has 0 saturated carbocycles. The van der Waals surface area contributed by atoms with Crippen molar-refractivity contribution in [2.75, 3.05) is 30.2 Å². The molecule has 3 rings (SSSR count). The summed E-state index contributed by atoms with van der Waals surface area (Å²) in [5.74, 6) is 0.0973. The first-order chi connectivity index (χ1) is 11.9. The Morgan fingerprint density at radius 1 is 1.16 bits per heavy atom. The van der Waals surface area contributed by atoms with Crippen molar-refractivity contribution in [3.8, 4) is 0 Å². The van der Waals surface area contributed by atoms with E-state index in [-0.39, 0.29) is 5.91 Å². The van der Waals surface area contributed by atoms with Crippen LogP contribution in [0.3, 0.4) is 0 Å². The lowest BCUT2D eigenvalue weighted by atomic mass is 10.2. The monoisotopic (exact) mass is 380 g/mol. The minimum Gasteiger partial charge on any atom is -0.338 e. The van der Waals surface area contributed by atoms with Gasteiger partial charge in [0.25, 0.3) is 5.91 Å². The molecular weight excluding hydrogens is 356 g/mol. The summed E-state index contributed by atoms with van der Waals surface area (Å²) in [5.41, 5.74) is 0.643. The number of fused-ring (bicyclic) bond motifs is 1. The molecule has 1 aliphatic heterocycles. The number of amides is 1. The molecule has 25 heavy (non-hydrogen) atoms. The van der Waals surface area contributed by atoms with E-state index in [2.05, 4.69) is 0 Å². The molecule has 0 spiro atoms. The van der Waals surface area contributed by atoms with Crippen molar-refractivity contribution in [1.29, 1.82) is 0 Å².